The molecule has 0 bridgehead atoms. The zero-order valence-electron chi connectivity index (χ0n) is 9.29. The molecule has 0 spiro atoms. The number of hydrogen-bond donors (Lipinski definition) is 2. The maximum absolute atomic E-state index is 11.2. The third-order valence-corrected chi connectivity index (χ3v) is 2.85. The van der Waals surface area contributed by atoms with Crippen molar-refractivity contribution in [3.05, 3.63) is 0 Å². The zero-order valence-corrected chi connectivity index (χ0v) is 9.29. The first-order chi connectivity index (χ1) is 7.74. The van der Waals surface area contributed by atoms with Gasteiger partial charge in [-0.25, -0.2) is 0 Å². The van der Waals surface area contributed by atoms with E-state index in [9.17, 15) is 9.59 Å². The minimum atomic E-state index is -0.729. The Morgan fingerprint density at radius 2 is 1.81 bits per heavy atom. The monoisotopic (exact) mass is 223 g/mol. The molecule has 2 amide bonds. The van der Waals surface area contributed by atoms with Crippen molar-refractivity contribution < 1.29 is 9.59 Å². The van der Waals surface area contributed by atoms with Crippen LogP contribution in [0.3, 0.4) is 0 Å². The molecule has 16 heavy (non-hydrogen) atoms. The largest absolute Gasteiger partial charge is 0.348 e. The molecule has 2 N–H and O–H groups in total. The van der Waals surface area contributed by atoms with Crippen LogP contribution in [-0.2, 0) is 9.59 Å². The Hall–Kier alpha value is -1.57. The summed E-state index contributed by atoms with van der Waals surface area (Å²) in [5.41, 5.74) is 0. The van der Waals surface area contributed by atoms with Crippen LogP contribution in [0.25, 0.3) is 0 Å². The van der Waals surface area contributed by atoms with Crippen molar-refractivity contribution in [3.63, 3.8) is 0 Å². The summed E-state index contributed by atoms with van der Waals surface area (Å²) < 4.78 is 0. The van der Waals surface area contributed by atoms with Crippen LogP contribution in [0.5, 0.6) is 0 Å². The average Bonchev–Trinajstić information content (AvgIpc) is 2.78. The van der Waals surface area contributed by atoms with Crippen LogP contribution in [0.4, 0.5) is 0 Å². The van der Waals surface area contributed by atoms with E-state index in [2.05, 4.69) is 10.6 Å². The number of nitrogens with one attached hydrogen (secondary N) is 2. The number of nitriles is 1. The van der Waals surface area contributed by atoms with Gasteiger partial charge < -0.3 is 10.6 Å². The molecule has 0 unspecified atom stereocenters. The molecule has 0 aromatic rings. The van der Waals surface area contributed by atoms with Crippen molar-refractivity contribution in [2.45, 2.75) is 32.1 Å². The van der Waals surface area contributed by atoms with Gasteiger partial charge in [-0.15, -0.1) is 0 Å². The fourth-order valence-corrected chi connectivity index (χ4v) is 1.97. The van der Waals surface area contributed by atoms with Crippen molar-refractivity contribution in [3.8, 4) is 6.07 Å². The highest BCUT2D eigenvalue weighted by atomic mass is 16.2. The van der Waals surface area contributed by atoms with Gasteiger partial charge in [0.05, 0.1) is 6.07 Å². The van der Waals surface area contributed by atoms with E-state index in [0.29, 0.717) is 12.5 Å². The van der Waals surface area contributed by atoms with E-state index in [1.54, 1.807) is 6.07 Å². The number of amides is 2. The van der Waals surface area contributed by atoms with Crippen LogP contribution in [0.15, 0.2) is 0 Å². The Balaban J connectivity index is 2.09. The summed E-state index contributed by atoms with van der Waals surface area (Å²) in [6, 6.07) is 1.74. The van der Waals surface area contributed by atoms with E-state index < -0.39 is 11.8 Å². The van der Waals surface area contributed by atoms with Crippen LogP contribution >= 0.6 is 0 Å². The Kier molecular flexibility index (Phi) is 5.34. The fourth-order valence-electron chi connectivity index (χ4n) is 1.97. The van der Waals surface area contributed by atoms with Gasteiger partial charge in [0.25, 0.3) is 0 Å². The lowest BCUT2D eigenvalue weighted by Crippen LogP contribution is -2.40. The van der Waals surface area contributed by atoms with Gasteiger partial charge in [-0.05, 0) is 12.3 Å². The molecule has 0 saturated heterocycles. The number of carbonyl (C=O) groups excluding carboxylic acids is 2. The quantitative estimate of drug-likeness (QED) is 0.532. The summed E-state index contributed by atoms with van der Waals surface area (Å²) >= 11 is 0. The first-order valence-corrected chi connectivity index (χ1v) is 5.67. The van der Waals surface area contributed by atoms with Crippen molar-refractivity contribution in [2.24, 2.45) is 5.92 Å². The predicted molar refractivity (Wildman–Crippen MR) is 58.2 cm³/mol. The van der Waals surface area contributed by atoms with E-state index in [1.807, 2.05) is 0 Å². The lowest BCUT2D eigenvalue weighted by molar-refractivity contribution is -0.139. The van der Waals surface area contributed by atoms with Gasteiger partial charge in [0.15, 0.2) is 0 Å². The highest BCUT2D eigenvalue weighted by Crippen LogP contribution is 2.26. The summed E-state index contributed by atoms with van der Waals surface area (Å²) in [4.78, 5) is 22.2. The average molecular weight is 223 g/mol. The van der Waals surface area contributed by atoms with E-state index in [-0.39, 0.29) is 6.54 Å². The number of rotatable bonds is 4. The van der Waals surface area contributed by atoms with Crippen LogP contribution < -0.4 is 10.6 Å². The van der Waals surface area contributed by atoms with Crippen molar-refractivity contribution in [1.82, 2.24) is 10.6 Å². The van der Waals surface area contributed by atoms with Crippen LogP contribution in [0.1, 0.15) is 32.1 Å². The highest BCUT2D eigenvalue weighted by molar-refractivity contribution is 6.35. The third kappa shape index (κ3) is 4.30. The van der Waals surface area contributed by atoms with Crippen molar-refractivity contribution in [1.29, 1.82) is 5.26 Å². The molecule has 0 aromatic carbocycles. The van der Waals surface area contributed by atoms with Crippen molar-refractivity contribution >= 4 is 11.8 Å². The smallest absolute Gasteiger partial charge is 0.310 e. The summed E-state index contributed by atoms with van der Waals surface area (Å²) in [6.07, 6.45) is 5.97. The molecule has 0 aromatic heterocycles. The number of nitrogens with zero attached hydrogens (tertiary/aromatic N) is 1. The maximum Gasteiger partial charge on any atom is 0.310 e. The maximum atomic E-state index is 11.2. The van der Waals surface area contributed by atoms with E-state index in [0.717, 1.165) is 6.42 Å². The molecule has 1 aliphatic rings. The number of hydrogen-bond acceptors (Lipinski definition) is 3. The van der Waals surface area contributed by atoms with Gasteiger partial charge in [-0.2, -0.15) is 5.26 Å². The predicted octanol–water partition coefficient (Wildman–Crippen LogP) is 0.323. The molecule has 5 nitrogen and oxygen atoms in total. The molecule has 0 aliphatic heterocycles. The molecule has 5 heteroatoms. The molecule has 1 aliphatic carbocycles. The molecule has 0 radical (unpaired) electrons. The zero-order chi connectivity index (χ0) is 11.8. The molecule has 0 heterocycles. The van der Waals surface area contributed by atoms with Crippen LogP contribution in [-0.4, -0.2) is 24.9 Å². The summed E-state index contributed by atoms with van der Waals surface area (Å²) in [6.45, 7) is 0.415. The van der Waals surface area contributed by atoms with Gasteiger partial charge >= 0.3 is 11.8 Å². The third-order valence-electron chi connectivity index (χ3n) is 2.85. The first-order valence-electron chi connectivity index (χ1n) is 5.67. The van der Waals surface area contributed by atoms with Crippen molar-refractivity contribution in [2.75, 3.05) is 13.1 Å². The normalized spacial score (nSPS) is 15.4. The standard InChI is InChI=1S/C11H17N3O2/c12-6-8-14-11(16)10(15)13-7-5-9-3-1-2-4-9/h9H,1-5,7-8H2,(H,13,15)(H,14,16). The van der Waals surface area contributed by atoms with Gasteiger partial charge in [-0.1, -0.05) is 25.7 Å². The molecule has 1 rings (SSSR count). The first kappa shape index (κ1) is 12.5. The minimum Gasteiger partial charge on any atom is -0.348 e. The molecule has 1 fully saturated rings. The minimum absolute atomic E-state index is 0.130. The molecule has 0 atom stereocenters. The molecular formula is C11H17N3O2. The van der Waals surface area contributed by atoms with E-state index in [4.69, 9.17) is 5.26 Å². The van der Waals surface area contributed by atoms with Crippen LogP contribution in [0, 0.1) is 17.2 Å². The van der Waals surface area contributed by atoms with Crippen LogP contribution in [0.2, 0.25) is 0 Å². The second-order valence-corrected chi connectivity index (χ2v) is 4.04. The highest BCUT2D eigenvalue weighted by Gasteiger charge is 2.16. The van der Waals surface area contributed by atoms with Gasteiger partial charge in [-0.3, -0.25) is 9.59 Å². The van der Waals surface area contributed by atoms with Gasteiger partial charge in [0, 0.05) is 6.54 Å². The second-order valence-electron chi connectivity index (χ2n) is 4.04. The molecule has 88 valence electrons. The lowest BCUT2D eigenvalue weighted by atomic mass is 10.0. The topological polar surface area (TPSA) is 82.0 Å². The number of carbonyl (C=O) groups is 2. The van der Waals surface area contributed by atoms with Gasteiger partial charge in [0.2, 0.25) is 0 Å². The Bertz CT molecular complexity index is 290. The Labute approximate surface area is 95.2 Å². The Morgan fingerprint density at radius 3 is 2.44 bits per heavy atom. The van der Waals surface area contributed by atoms with E-state index >= 15 is 0 Å². The molecular weight excluding hydrogens is 206 g/mol. The summed E-state index contributed by atoms with van der Waals surface area (Å²) in [7, 11) is 0. The van der Waals surface area contributed by atoms with E-state index in [1.165, 1.54) is 25.7 Å². The summed E-state index contributed by atoms with van der Waals surface area (Å²) in [5.74, 6) is -0.677. The molecule has 1 saturated carbocycles. The summed E-state index contributed by atoms with van der Waals surface area (Å²) in [5, 5.41) is 13.0. The fraction of sp³-hybridized carbons (Fsp3) is 0.727. The lowest BCUT2D eigenvalue weighted by Gasteiger charge is -2.09. The SMILES string of the molecule is N#CCNC(=O)C(=O)NCCC1CCCC1. The Morgan fingerprint density at radius 1 is 1.19 bits per heavy atom. The second kappa shape index (κ2) is 6.83. The van der Waals surface area contributed by atoms with Gasteiger partial charge in [0.1, 0.15) is 6.54 Å².